The minimum Gasteiger partial charge on any atom is -0.300 e. The van der Waals surface area contributed by atoms with Gasteiger partial charge in [0.2, 0.25) is 0 Å². The van der Waals surface area contributed by atoms with E-state index in [9.17, 15) is 4.79 Å². The highest BCUT2D eigenvalue weighted by molar-refractivity contribution is 8.16. The van der Waals surface area contributed by atoms with Crippen molar-refractivity contribution in [1.29, 1.82) is 0 Å². The van der Waals surface area contributed by atoms with Crippen LogP contribution in [0.1, 0.15) is 142 Å². The Kier molecular flexibility index (Phi) is 33.1. The molecule has 0 saturated heterocycles. The van der Waals surface area contributed by atoms with Crippen molar-refractivity contribution < 1.29 is 4.79 Å². The van der Waals surface area contributed by atoms with E-state index in [1.54, 1.807) is 0 Å². The van der Waals surface area contributed by atoms with Gasteiger partial charge in [-0.3, -0.25) is 4.79 Å². The Morgan fingerprint density at radius 3 is 1.06 bits per heavy atom. The smallest absolute Gasteiger partial charge is 0.132 e. The number of hydrogen-bond donors (Lipinski definition) is 0. The molecule has 0 aromatic rings. The molecule has 0 heterocycles. The first-order valence-corrected chi connectivity index (χ1v) is 19.3. The van der Waals surface area contributed by atoms with Crippen LogP contribution < -0.4 is 0 Å². The summed E-state index contributed by atoms with van der Waals surface area (Å²) in [7, 11) is 0. The summed E-state index contributed by atoms with van der Waals surface area (Å²) < 4.78 is 0. The van der Waals surface area contributed by atoms with Crippen LogP contribution in [-0.4, -0.2) is 39.0 Å². The van der Waals surface area contributed by atoms with Crippen molar-refractivity contribution in [2.45, 2.75) is 142 Å². The Morgan fingerprint density at radius 2 is 0.706 bits per heavy atom. The molecule has 204 valence electrons. The standard InChI is InChI=1S/C29H58OS4/c1-3-5-17-23-31-27-33-25-19-13-9-7-11-15-21-29(30)22-16-12-8-10-14-20-26-34-28-32-24-18-6-4-2/h3-28H2,1-2H3. The molecule has 0 unspecified atom stereocenters. The topological polar surface area (TPSA) is 17.1 Å². The maximum absolute atomic E-state index is 12.1. The fourth-order valence-corrected chi connectivity index (χ4v) is 8.32. The molecule has 0 aromatic heterocycles. The molecule has 0 fully saturated rings. The van der Waals surface area contributed by atoms with Gasteiger partial charge >= 0.3 is 0 Å². The van der Waals surface area contributed by atoms with Crippen LogP contribution in [-0.2, 0) is 4.79 Å². The molecular formula is C29H58OS4. The Bertz CT molecular complexity index is 358. The summed E-state index contributed by atoms with van der Waals surface area (Å²) in [5.41, 5.74) is 0. The minimum absolute atomic E-state index is 0.515. The third-order valence-corrected chi connectivity index (χ3v) is 11.1. The average molecular weight is 551 g/mol. The van der Waals surface area contributed by atoms with Gasteiger partial charge < -0.3 is 0 Å². The first-order valence-electron chi connectivity index (χ1n) is 14.6. The summed E-state index contributed by atoms with van der Waals surface area (Å²) in [5, 5.41) is 2.56. The summed E-state index contributed by atoms with van der Waals surface area (Å²) in [6, 6.07) is 0. The van der Waals surface area contributed by atoms with Crippen LogP contribution in [0.3, 0.4) is 0 Å². The largest absolute Gasteiger partial charge is 0.300 e. The molecule has 0 radical (unpaired) electrons. The molecule has 0 saturated carbocycles. The number of thioether (sulfide) groups is 4. The van der Waals surface area contributed by atoms with Crippen molar-refractivity contribution in [2.75, 3.05) is 33.2 Å². The molecule has 0 aliphatic rings. The molecule has 0 atom stereocenters. The lowest BCUT2D eigenvalue weighted by Gasteiger charge is -2.04. The molecule has 5 heteroatoms. The molecule has 0 aromatic carbocycles. The van der Waals surface area contributed by atoms with Gasteiger partial charge in [-0.25, -0.2) is 0 Å². The zero-order chi connectivity index (χ0) is 24.8. The molecule has 0 spiro atoms. The van der Waals surface area contributed by atoms with Crippen molar-refractivity contribution in [3.05, 3.63) is 0 Å². The van der Waals surface area contributed by atoms with Crippen LogP contribution in [0, 0.1) is 0 Å². The van der Waals surface area contributed by atoms with Gasteiger partial charge in [0.1, 0.15) is 5.78 Å². The highest BCUT2D eigenvalue weighted by atomic mass is 32.2. The van der Waals surface area contributed by atoms with E-state index in [1.165, 1.54) is 136 Å². The van der Waals surface area contributed by atoms with Crippen molar-refractivity contribution in [3.63, 3.8) is 0 Å². The molecule has 0 aliphatic carbocycles. The molecule has 1 nitrogen and oxygen atoms in total. The predicted molar refractivity (Wildman–Crippen MR) is 168 cm³/mol. The normalized spacial score (nSPS) is 11.4. The van der Waals surface area contributed by atoms with Gasteiger partial charge in [0.05, 0.1) is 0 Å². The number of unbranched alkanes of at least 4 members (excludes halogenated alkanes) is 14. The van der Waals surface area contributed by atoms with Crippen LogP contribution in [0.4, 0.5) is 0 Å². The van der Waals surface area contributed by atoms with Crippen LogP contribution in [0.5, 0.6) is 0 Å². The van der Waals surface area contributed by atoms with Crippen LogP contribution in [0.15, 0.2) is 0 Å². The minimum atomic E-state index is 0.515. The second-order valence-electron chi connectivity index (χ2n) is 9.56. The molecule has 0 bridgehead atoms. The summed E-state index contributed by atoms with van der Waals surface area (Å²) in [6.45, 7) is 4.55. The number of rotatable bonds is 30. The van der Waals surface area contributed by atoms with Gasteiger partial charge in [0.25, 0.3) is 0 Å². The SMILES string of the molecule is CCCCCSCSCCCCCCCCC(=O)CCCCCCCCSCSCCCCC. The number of ketones is 1. The van der Waals surface area contributed by atoms with E-state index in [1.807, 2.05) is 0 Å². The lowest BCUT2D eigenvalue weighted by molar-refractivity contribution is -0.119. The molecule has 0 N–H and O–H groups in total. The van der Waals surface area contributed by atoms with Crippen molar-refractivity contribution >= 4 is 52.8 Å². The van der Waals surface area contributed by atoms with Gasteiger partial charge in [0, 0.05) is 23.0 Å². The first kappa shape index (κ1) is 35.1. The Balaban J connectivity index is 3.14. The van der Waals surface area contributed by atoms with E-state index in [-0.39, 0.29) is 0 Å². The summed E-state index contributed by atoms with van der Waals surface area (Å²) in [4.78, 5) is 12.1. The maximum Gasteiger partial charge on any atom is 0.132 e. The van der Waals surface area contributed by atoms with Gasteiger partial charge in [-0.15, -0.1) is 0 Å². The summed E-state index contributed by atoms with van der Waals surface area (Å²) in [5.74, 6) is 5.86. The third-order valence-electron chi connectivity index (χ3n) is 6.11. The van der Waals surface area contributed by atoms with E-state index in [0.29, 0.717) is 5.78 Å². The van der Waals surface area contributed by atoms with Gasteiger partial charge in [-0.2, -0.15) is 47.0 Å². The lowest BCUT2D eigenvalue weighted by atomic mass is 10.0. The van der Waals surface area contributed by atoms with Crippen LogP contribution >= 0.6 is 47.0 Å². The van der Waals surface area contributed by atoms with Crippen LogP contribution in [0.2, 0.25) is 0 Å². The number of hydrogen-bond acceptors (Lipinski definition) is 5. The molecule has 34 heavy (non-hydrogen) atoms. The molecular weight excluding hydrogens is 493 g/mol. The first-order chi connectivity index (χ1) is 16.8. The monoisotopic (exact) mass is 550 g/mol. The molecule has 0 aliphatic heterocycles. The van der Waals surface area contributed by atoms with Gasteiger partial charge in [-0.05, 0) is 61.5 Å². The van der Waals surface area contributed by atoms with Crippen LogP contribution in [0.25, 0.3) is 0 Å². The second kappa shape index (κ2) is 32.1. The van der Waals surface area contributed by atoms with Crippen molar-refractivity contribution in [1.82, 2.24) is 0 Å². The number of Topliss-reactive ketones (excluding diaryl/α,β-unsaturated/α-hetero) is 1. The second-order valence-corrected chi connectivity index (χ2v) is 14.7. The third kappa shape index (κ3) is 31.1. The van der Waals surface area contributed by atoms with E-state index >= 15 is 0 Å². The zero-order valence-corrected chi connectivity index (χ0v) is 26.2. The summed E-state index contributed by atoms with van der Waals surface area (Å²) >= 11 is 8.47. The Hall–Kier alpha value is 1.07. The van der Waals surface area contributed by atoms with Crippen molar-refractivity contribution in [2.24, 2.45) is 0 Å². The lowest BCUT2D eigenvalue weighted by Crippen LogP contribution is -1.97. The Labute approximate surface area is 232 Å². The zero-order valence-electron chi connectivity index (χ0n) is 22.9. The quantitative estimate of drug-likeness (QED) is 0.0651. The van der Waals surface area contributed by atoms with Crippen molar-refractivity contribution in [3.8, 4) is 0 Å². The highest BCUT2D eigenvalue weighted by Gasteiger charge is 2.02. The fraction of sp³-hybridized carbons (Fsp3) is 0.966. The fourth-order valence-electron chi connectivity index (χ4n) is 3.85. The number of carbonyl (C=O) groups is 1. The Morgan fingerprint density at radius 1 is 0.412 bits per heavy atom. The van der Waals surface area contributed by atoms with E-state index in [2.05, 4.69) is 60.9 Å². The van der Waals surface area contributed by atoms with E-state index < -0.39 is 0 Å². The molecule has 0 rings (SSSR count). The van der Waals surface area contributed by atoms with Gasteiger partial charge in [0.15, 0.2) is 0 Å². The predicted octanol–water partition coefficient (Wildman–Crippen LogP) is 11.2. The maximum atomic E-state index is 12.1. The van der Waals surface area contributed by atoms with E-state index in [4.69, 9.17) is 0 Å². The van der Waals surface area contributed by atoms with Gasteiger partial charge in [-0.1, -0.05) is 90.9 Å². The van der Waals surface area contributed by atoms with E-state index in [0.717, 1.165) is 25.7 Å². The average Bonchev–Trinajstić information content (AvgIpc) is 2.84. The molecule has 0 amide bonds. The highest BCUT2D eigenvalue weighted by Crippen LogP contribution is 2.18. The summed E-state index contributed by atoms with van der Waals surface area (Å²) in [6.07, 6.45) is 25.5. The number of carbonyl (C=O) groups excluding carboxylic acids is 1.